The lowest BCUT2D eigenvalue weighted by Gasteiger charge is -2.26. The zero-order valence-corrected chi connectivity index (χ0v) is 13.2. The summed E-state index contributed by atoms with van der Waals surface area (Å²) < 4.78 is 15.6. The Bertz CT molecular complexity index is 286. The van der Waals surface area contributed by atoms with Crippen LogP contribution in [0.15, 0.2) is 0 Å². The second kappa shape index (κ2) is 9.03. The first kappa shape index (κ1) is 16.3. The number of ether oxygens (including phenoxy) is 3. The van der Waals surface area contributed by atoms with E-state index in [2.05, 4.69) is 11.8 Å². The maximum atomic E-state index is 12.2. The number of ketones is 1. The second-order valence-corrected chi connectivity index (χ2v) is 7.17. The molecule has 0 radical (unpaired) electrons. The summed E-state index contributed by atoms with van der Waals surface area (Å²) in [5.74, 6) is 0.706. The largest absolute Gasteiger partial charge is 0.382 e. The second-order valence-electron chi connectivity index (χ2n) is 5.56. The molecular formula is C15H26O4S. The third kappa shape index (κ3) is 5.35. The highest BCUT2D eigenvalue weighted by Crippen LogP contribution is 2.46. The minimum absolute atomic E-state index is 0.301. The standard InChI is InChI=1S/C15H26O4S/c1-17-6-7-19-9-8-18-5-4-15(16)12-10-13-2-3-14(11-12)20-13/h12-14H,2-11H2,1H3. The first-order valence-electron chi connectivity index (χ1n) is 7.62. The molecule has 0 aromatic heterocycles. The van der Waals surface area contributed by atoms with Crippen molar-refractivity contribution in [3.05, 3.63) is 0 Å². The van der Waals surface area contributed by atoms with E-state index in [4.69, 9.17) is 14.2 Å². The van der Waals surface area contributed by atoms with Gasteiger partial charge in [0.15, 0.2) is 0 Å². The van der Waals surface area contributed by atoms with Gasteiger partial charge in [0.2, 0.25) is 0 Å². The average Bonchev–Trinajstić information content (AvgIpc) is 2.80. The molecule has 4 nitrogen and oxygen atoms in total. The molecule has 0 amide bonds. The van der Waals surface area contributed by atoms with E-state index in [9.17, 15) is 4.79 Å². The van der Waals surface area contributed by atoms with Gasteiger partial charge in [-0.1, -0.05) is 0 Å². The van der Waals surface area contributed by atoms with E-state index >= 15 is 0 Å². The minimum Gasteiger partial charge on any atom is -0.382 e. The quantitative estimate of drug-likeness (QED) is 0.579. The van der Waals surface area contributed by atoms with E-state index in [-0.39, 0.29) is 0 Å². The van der Waals surface area contributed by atoms with E-state index in [0.29, 0.717) is 51.2 Å². The van der Waals surface area contributed by atoms with Gasteiger partial charge in [0.1, 0.15) is 5.78 Å². The Labute approximate surface area is 125 Å². The van der Waals surface area contributed by atoms with Crippen molar-refractivity contribution in [1.82, 2.24) is 0 Å². The minimum atomic E-state index is 0.301. The molecule has 2 aliphatic heterocycles. The van der Waals surface area contributed by atoms with Gasteiger partial charge in [0, 0.05) is 29.9 Å². The molecule has 0 spiro atoms. The van der Waals surface area contributed by atoms with Crippen LogP contribution in [0.1, 0.15) is 32.1 Å². The van der Waals surface area contributed by atoms with E-state index in [1.165, 1.54) is 12.8 Å². The van der Waals surface area contributed by atoms with Crippen molar-refractivity contribution in [2.45, 2.75) is 42.6 Å². The third-order valence-corrected chi connectivity index (χ3v) is 5.67. The summed E-state index contributed by atoms with van der Waals surface area (Å²) in [4.78, 5) is 12.2. The van der Waals surface area contributed by atoms with Gasteiger partial charge < -0.3 is 14.2 Å². The Morgan fingerprint density at radius 2 is 1.60 bits per heavy atom. The van der Waals surface area contributed by atoms with E-state index in [1.807, 2.05) is 0 Å². The van der Waals surface area contributed by atoms with E-state index < -0.39 is 0 Å². The normalized spacial score (nSPS) is 28.8. The molecule has 0 aromatic rings. The molecule has 0 aromatic carbocycles. The Kier molecular flexibility index (Phi) is 7.35. The van der Waals surface area contributed by atoms with Crippen LogP contribution >= 0.6 is 11.8 Å². The smallest absolute Gasteiger partial charge is 0.138 e. The molecule has 0 aliphatic carbocycles. The lowest BCUT2D eigenvalue weighted by molar-refractivity contribution is -0.124. The molecule has 2 bridgehead atoms. The van der Waals surface area contributed by atoms with E-state index in [0.717, 1.165) is 23.3 Å². The van der Waals surface area contributed by atoms with Crippen LogP contribution in [0.3, 0.4) is 0 Å². The van der Waals surface area contributed by atoms with Crippen molar-refractivity contribution < 1.29 is 19.0 Å². The number of methoxy groups -OCH3 is 1. The number of fused-ring (bicyclic) bond motifs is 2. The highest BCUT2D eigenvalue weighted by atomic mass is 32.2. The zero-order valence-electron chi connectivity index (χ0n) is 12.3. The number of carbonyl (C=O) groups is 1. The van der Waals surface area contributed by atoms with Crippen molar-refractivity contribution in [2.24, 2.45) is 5.92 Å². The lowest BCUT2D eigenvalue weighted by atomic mass is 9.93. The maximum Gasteiger partial charge on any atom is 0.138 e. The summed E-state index contributed by atoms with van der Waals surface area (Å²) in [5.41, 5.74) is 0. The number of Topliss-reactive ketones (excluding diaryl/α,β-unsaturated/α-hetero) is 1. The summed E-state index contributed by atoms with van der Waals surface area (Å²) in [6.45, 7) is 2.87. The molecule has 2 saturated heterocycles. The highest BCUT2D eigenvalue weighted by Gasteiger charge is 2.37. The molecule has 5 heteroatoms. The fourth-order valence-corrected chi connectivity index (χ4v) is 4.74. The van der Waals surface area contributed by atoms with Gasteiger partial charge in [-0.3, -0.25) is 4.79 Å². The first-order chi connectivity index (χ1) is 9.79. The van der Waals surface area contributed by atoms with Crippen LogP contribution in [0.25, 0.3) is 0 Å². The number of rotatable bonds is 10. The topological polar surface area (TPSA) is 44.8 Å². The van der Waals surface area contributed by atoms with Gasteiger partial charge in [-0.2, -0.15) is 11.8 Å². The van der Waals surface area contributed by atoms with Crippen LogP contribution in [-0.2, 0) is 19.0 Å². The third-order valence-electron chi connectivity index (χ3n) is 4.04. The fourth-order valence-electron chi connectivity index (χ4n) is 2.96. The van der Waals surface area contributed by atoms with Crippen LogP contribution in [0.5, 0.6) is 0 Å². The van der Waals surface area contributed by atoms with Crippen molar-refractivity contribution >= 4 is 17.5 Å². The Morgan fingerprint density at radius 1 is 1.00 bits per heavy atom. The van der Waals surface area contributed by atoms with Gasteiger partial charge in [-0.25, -0.2) is 0 Å². The Balaban J connectivity index is 1.48. The van der Waals surface area contributed by atoms with Crippen LogP contribution in [0.2, 0.25) is 0 Å². The van der Waals surface area contributed by atoms with Gasteiger partial charge in [-0.05, 0) is 25.7 Å². The van der Waals surface area contributed by atoms with Gasteiger partial charge in [0.25, 0.3) is 0 Å². The lowest BCUT2D eigenvalue weighted by Crippen LogP contribution is -2.25. The molecule has 2 rings (SSSR count). The molecule has 0 saturated carbocycles. The molecule has 0 N–H and O–H groups in total. The van der Waals surface area contributed by atoms with Crippen molar-refractivity contribution in [3.8, 4) is 0 Å². The summed E-state index contributed by atoms with van der Waals surface area (Å²) in [5, 5.41) is 1.50. The SMILES string of the molecule is COCCOCCOCCC(=O)C1CC2CCC(C1)S2. The van der Waals surface area contributed by atoms with Crippen molar-refractivity contribution in [1.29, 1.82) is 0 Å². The van der Waals surface area contributed by atoms with Crippen LogP contribution < -0.4 is 0 Å². The number of thioether (sulfide) groups is 1. The number of hydrogen-bond acceptors (Lipinski definition) is 5. The fraction of sp³-hybridized carbons (Fsp3) is 0.933. The Morgan fingerprint density at radius 3 is 2.25 bits per heavy atom. The number of hydrogen-bond donors (Lipinski definition) is 0. The van der Waals surface area contributed by atoms with Gasteiger partial charge in [0.05, 0.1) is 33.0 Å². The molecular weight excluding hydrogens is 276 g/mol. The Hall–Kier alpha value is -0.100. The van der Waals surface area contributed by atoms with Gasteiger partial charge in [-0.15, -0.1) is 0 Å². The summed E-state index contributed by atoms with van der Waals surface area (Å²) in [6, 6.07) is 0. The van der Waals surface area contributed by atoms with Crippen LogP contribution in [0.4, 0.5) is 0 Å². The van der Waals surface area contributed by atoms with Gasteiger partial charge >= 0.3 is 0 Å². The molecule has 2 unspecified atom stereocenters. The van der Waals surface area contributed by atoms with Crippen molar-refractivity contribution in [3.63, 3.8) is 0 Å². The predicted molar refractivity (Wildman–Crippen MR) is 80.3 cm³/mol. The maximum absolute atomic E-state index is 12.2. The molecule has 116 valence electrons. The predicted octanol–water partition coefficient (Wildman–Crippen LogP) is 2.30. The van der Waals surface area contributed by atoms with E-state index in [1.54, 1.807) is 7.11 Å². The zero-order chi connectivity index (χ0) is 14.2. The molecule has 2 aliphatic rings. The van der Waals surface area contributed by atoms with Crippen molar-refractivity contribution in [2.75, 3.05) is 40.1 Å². The molecule has 20 heavy (non-hydrogen) atoms. The monoisotopic (exact) mass is 302 g/mol. The summed E-state index contributed by atoms with van der Waals surface area (Å²) in [7, 11) is 1.65. The molecule has 2 atom stereocenters. The summed E-state index contributed by atoms with van der Waals surface area (Å²) in [6.07, 6.45) is 5.38. The molecule has 2 fully saturated rings. The molecule has 2 heterocycles. The first-order valence-corrected chi connectivity index (χ1v) is 8.56. The van der Waals surface area contributed by atoms with Crippen LogP contribution in [0, 0.1) is 5.92 Å². The highest BCUT2D eigenvalue weighted by molar-refractivity contribution is 8.00. The van der Waals surface area contributed by atoms with Crippen LogP contribution in [-0.4, -0.2) is 56.4 Å². The number of carbonyl (C=O) groups excluding carboxylic acids is 1. The average molecular weight is 302 g/mol. The summed E-state index contributed by atoms with van der Waals surface area (Å²) >= 11 is 2.10.